The lowest BCUT2D eigenvalue weighted by atomic mass is 10.3. The molecule has 0 aliphatic carbocycles. The number of rotatable bonds is 8. The number of hydrogen-bond acceptors (Lipinski definition) is 5. The molecule has 5 nitrogen and oxygen atoms in total. The van der Waals surface area contributed by atoms with Crippen LogP contribution in [0.4, 0.5) is 11.5 Å². The van der Waals surface area contributed by atoms with Gasteiger partial charge in [-0.05, 0) is 38.2 Å². The van der Waals surface area contributed by atoms with Crippen LogP contribution in [0.25, 0.3) is 0 Å². The molecular weight excluding hydrogens is 214 g/mol. The minimum absolute atomic E-state index is 0.679. The Bertz CT molecular complexity index is 294. The van der Waals surface area contributed by atoms with Crippen molar-refractivity contribution < 1.29 is 0 Å². The van der Waals surface area contributed by atoms with Gasteiger partial charge in [-0.3, -0.25) is 0 Å². The maximum Gasteiger partial charge on any atom is 0.140 e. The van der Waals surface area contributed by atoms with E-state index in [0.29, 0.717) is 5.82 Å². The van der Waals surface area contributed by atoms with Gasteiger partial charge < -0.3 is 15.6 Å². The summed E-state index contributed by atoms with van der Waals surface area (Å²) in [4.78, 5) is 6.55. The summed E-state index contributed by atoms with van der Waals surface area (Å²) >= 11 is 0. The summed E-state index contributed by atoms with van der Waals surface area (Å²) in [6, 6.07) is 3.83. The van der Waals surface area contributed by atoms with Gasteiger partial charge in [-0.2, -0.15) is 0 Å². The number of hydrogen-bond donors (Lipinski definition) is 3. The molecule has 0 amide bonds. The molecule has 1 rings (SSSR count). The van der Waals surface area contributed by atoms with Gasteiger partial charge in [0.05, 0.1) is 11.9 Å². The Hall–Kier alpha value is -1.33. The second-order valence-corrected chi connectivity index (χ2v) is 3.88. The van der Waals surface area contributed by atoms with Crippen LogP contribution in [0, 0.1) is 0 Å². The second-order valence-electron chi connectivity index (χ2n) is 3.88. The van der Waals surface area contributed by atoms with E-state index in [9.17, 15) is 0 Å². The first-order valence-electron chi connectivity index (χ1n) is 6.19. The molecule has 0 aromatic carbocycles. The number of anilines is 2. The largest absolute Gasteiger partial charge is 0.384 e. The topological polar surface area (TPSA) is 66.2 Å². The lowest BCUT2D eigenvalue weighted by Gasteiger charge is -2.17. The smallest absolute Gasteiger partial charge is 0.140 e. The van der Waals surface area contributed by atoms with Crippen LogP contribution in [0.2, 0.25) is 0 Å². The fraction of sp³-hybridized carbons (Fsp3) is 0.583. The lowest BCUT2D eigenvalue weighted by Crippen LogP contribution is -2.25. The molecule has 17 heavy (non-hydrogen) atoms. The van der Waals surface area contributed by atoms with Crippen LogP contribution in [0.3, 0.4) is 0 Å². The molecule has 0 spiro atoms. The number of nitrogens with two attached hydrogens (primary N) is 1. The summed E-state index contributed by atoms with van der Waals surface area (Å²) in [6.45, 7) is 8.73. The highest BCUT2D eigenvalue weighted by Crippen LogP contribution is 2.08. The molecule has 0 saturated heterocycles. The number of nitrogen functional groups attached to an aromatic ring is 1. The molecule has 4 N–H and O–H groups in total. The van der Waals surface area contributed by atoms with Crippen molar-refractivity contribution in [1.82, 2.24) is 9.88 Å². The Morgan fingerprint density at radius 2 is 2.06 bits per heavy atom. The average Bonchev–Trinajstić information content (AvgIpc) is 2.40. The van der Waals surface area contributed by atoms with Crippen molar-refractivity contribution in [2.75, 3.05) is 36.9 Å². The molecule has 5 heteroatoms. The van der Waals surface area contributed by atoms with Gasteiger partial charge in [0.15, 0.2) is 0 Å². The molecule has 0 aliphatic rings. The van der Waals surface area contributed by atoms with Crippen LogP contribution in [0.15, 0.2) is 18.3 Å². The summed E-state index contributed by atoms with van der Waals surface area (Å²) in [7, 11) is 0. The summed E-state index contributed by atoms with van der Waals surface area (Å²) in [5.41, 5.74) is 3.54. The Kier molecular flexibility index (Phi) is 6.35. The predicted octanol–water partition coefficient (Wildman–Crippen LogP) is 1.51. The third-order valence-electron chi connectivity index (χ3n) is 2.79. The van der Waals surface area contributed by atoms with E-state index < -0.39 is 0 Å². The van der Waals surface area contributed by atoms with Crippen LogP contribution in [0.1, 0.15) is 20.3 Å². The van der Waals surface area contributed by atoms with Gasteiger partial charge in [-0.1, -0.05) is 13.8 Å². The molecule has 0 atom stereocenters. The molecular formula is C12H23N5. The zero-order valence-corrected chi connectivity index (χ0v) is 10.7. The van der Waals surface area contributed by atoms with Gasteiger partial charge in [-0.15, -0.1) is 0 Å². The molecule has 0 aliphatic heterocycles. The van der Waals surface area contributed by atoms with E-state index in [1.807, 2.05) is 12.1 Å². The lowest BCUT2D eigenvalue weighted by molar-refractivity contribution is 0.303. The quantitative estimate of drug-likeness (QED) is 0.363. The molecule has 0 unspecified atom stereocenters. The van der Waals surface area contributed by atoms with E-state index in [2.05, 4.69) is 34.5 Å². The maximum absolute atomic E-state index is 5.25. The van der Waals surface area contributed by atoms with Crippen LogP contribution < -0.4 is 16.6 Å². The van der Waals surface area contributed by atoms with Gasteiger partial charge in [0.25, 0.3) is 0 Å². The summed E-state index contributed by atoms with van der Waals surface area (Å²) < 4.78 is 0. The Labute approximate surface area is 103 Å². The van der Waals surface area contributed by atoms with E-state index in [1.54, 1.807) is 6.20 Å². The van der Waals surface area contributed by atoms with Gasteiger partial charge in [-0.25, -0.2) is 10.8 Å². The van der Waals surface area contributed by atoms with Gasteiger partial charge in [0, 0.05) is 6.54 Å². The average molecular weight is 237 g/mol. The first-order valence-corrected chi connectivity index (χ1v) is 6.19. The second kappa shape index (κ2) is 7.86. The maximum atomic E-state index is 5.25. The van der Waals surface area contributed by atoms with Crippen molar-refractivity contribution in [1.29, 1.82) is 0 Å². The standard InChI is InChI=1S/C12H23N5/c1-3-17(4-2)9-5-8-14-11-6-7-12(16-13)15-10-11/h6-7,10,14H,3-5,8-9,13H2,1-2H3,(H,15,16). The molecule has 1 heterocycles. The number of hydrazine groups is 1. The van der Waals surface area contributed by atoms with Gasteiger partial charge in [0.2, 0.25) is 0 Å². The third-order valence-corrected chi connectivity index (χ3v) is 2.79. The third kappa shape index (κ3) is 5.01. The molecule has 1 aromatic rings. The summed E-state index contributed by atoms with van der Waals surface area (Å²) in [5.74, 6) is 5.93. The van der Waals surface area contributed by atoms with Gasteiger partial charge >= 0.3 is 0 Å². The predicted molar refractivity (Wildman–Crippen MR) is 72.9 cm³/mol. The van der Waals surface area contributed by atoms with Crippen molar-refractivity contribution in [3.05, 3.63) is 18.3 Å². The van der Waals surface area contributed by atoms with E-state index in [0.717, 1.165) is 38.3 Å². The number of aromatic nitrogens is 1. The van der Waals surface area contributed by atoms with Crippen LogP contribution in [0.5, 0.6) is 0 Å². The minimum Gasteiger partial charge on any atom is -0.384 e. The highest BCUT2D eigenvalue weighted by atomic mass is 15.2. The highest BCUT2D eigenvalue weighted by molar-refractivity contribution is 5.46. The first kappa shape index (κ1) is 13.7. The van der Waals surface area contributed by atoms with Crippen LogP contribution in [-0.4, -0.2) is 36.1 Å². The van der Waals surface area contributed by atoms with E-state index >= 15 is 0 Å². The number of nitrogens with one attached hydrogen (secondary N) is 2. The van der Waals surface area contributed by atoms with E-state index in [4.69, 9.17) is 5.84 Å². The van der Waals surface area contributed by atoms with Crippen molar-refractivity contribution >= 4 is 11.5 Å². The van der Waals surface area contributed by atoms with Crippen LogP contribution in [-0.2, 0) is 0 Å². The molecule has 0 saturated carbocycles. The zero-order valence-electron chi connectivity index (χ0n) is 10.7. The molecule has 0 bridgehead atoms. The summed E-state index contributed by atoms with van der Waals surface area (Å²) in [5, 5.41) is 3.34. The monoisotopic (exact) mass is 237 g/mol. The SMILES string of the molecule is CCN(CC)CCCNc1ccc(NN)nc1. The Balaban J connectivity index is 2.21. The van der Waals surface area contributed by atoms with Crippen LogP contribution >= 0.6 is 0 Å². The molecule has 1 aromatic heterocycles. The summed E-state index contributed by atoms with van der Waals surface area (Å²) in [6.07, 6.45) is 2.92. The van der Waals surface area contributed by atoms with E-state index in [-0.39, 0.29) is 0 Å². The molecule has 0 radical (unpaired) electrons. The number of nitrogens with zero attached hydrogens (tertiary/aromatic N) is 2. The minimum atomic E-state index is 0.679. The number of pyridine rings is 1. The fourth-order valence-electron chi connectivity index (χ4n) is 1.66. The fourth-order valence-corrected chi connectivity index (χ4v) is 1.66. The van der Waals surface area contributed by atoms with Crippen molar-refractivity contribution in [3.8, 4) is 0 Å². The Morgan fingerprint density at radius 1 is 1.29 bits per heavy atom. The first-order chi connectivity index (χ1) is 8.30. The molecule has 0 fully saturated rings. The van der Waals surface area contributed by atoms with Crippen molar-refractivity contribution in [3.63, 3.8) is 0 Å². The zero-order chi connectivity index (χ0) is 12.5. The Morgan fingerprint density at radius 3 is 2.59 bits per heavy atom. The van der Waals surface area contributed by atoms with Gasteiger partial charge in [0.1, 0.15) is 5.82 Å². The van der Waals surface area contributed by atoms with E-state index in [1.165, 1.54) is 0 Å². The highest BCUT2D eigenvalue weighted by Gasteiger charge is 1.98. The molecule has 96 valence electrons. The van der Waals surface area contributed by atoms with Crippen molar-refractivity contribution in [2.45, 2.75) is 20.3 Å². The van der Waals surface area contributed by atoms with Crippen molar-refractivity contribution in [2.24, 2.45) is 5.84 Å². The normalized spacial score (nSPS) is 10.6.